The van der Waals surface area contributed by atoms with Crippen molar-refractivity contribution in [1.29, 1.82) is 0 Å². The summed E-state index contributed by atoms with van der Waals surface area (Å²) in [5.41, 5.74) is 2.02. The maximum absolute atomic E-state index is 12.5. The van der Waals surface area contributed by atoms with E-state index in [1.807, 2.05) is 19.1 Å². The molecule has 0 aliphatic heterocycles. The molecule has 1 N–H and O–H groups in total. The lowest BCUT2D eigenvalue weighted by Gasteiger charge is -2.17. The second-order valence-electron chi connectivity index (χ2n) is 6.23. The van der Waals surface area contributed by atoms with E-state index in [-0.39, 0.29) is 17.3 Å². The maximum Gasteiger partial charge on any atom is 0.243 e. The monoisotopic (exact) mass is 460 g/mol. The molecule has 0 saturated heterocycles. The molecule has 0 saturated carbocycles. The molecule has 0 bridgehead atoms. The number of carbonyl (C=O) groups excluding carboxylic acids is 1. The molecule has 2 aromatic carbocycles. The van der Waals surface area contributed by atoms with Crippen molar-refractivity contribution in [2.45, 2.75) is 17.6 Å². The first kappa shape index (κ1) is 23.0. The number of nitrogens with zero attached hydrogens (tertiary/aromatic N) is 1. The van der Waals surface area contributed by atoms with E-state index in [1.54, 1.807) is 42.1 Å². The second kappa shape index (κ2) is 10.5. The topological polar surface area (TPSA) is 66.5 Å². The van der Waals surface area contributed by atoms with Crippen molar-refractivity contribution in [3.63, 3.8) is 0 Å². The Bertz CT molecular complexity index is 919. The average Bonchev–Trinajstić information content (AvgIpc) is 2.64. The zero-order valence-electron chi connectivity index (χ0n) is 15.6. The van der Waals surface area contributed by atoms with Gasteiger partial charge in [0.15, 0.2) is 0 Å². The van der Waals surface area contributed by atoms with Gasteiger partial charge in [0.25, 0.3) is 0 Å². The third-order valence-electron chi connectivity index (χ3n) is 3.92. The van der Waals surface area contributed by atoms with Crippen LogP contribution in [0, 0.1) is 6.92 Å². The summed E-state index contributed by atoms with van der Waals surface area (Å²) in [5, 5.41) is 3.78. The molecule has 0 fully saturated rings. The van der Waals surface area contributed by atoms with Crippen LogP contribution in [0.25, 0.3) is 0 Å². The zero-order valence-corrected chi connectivity index (χ0v) is 18.8. The Balaban J connectivity index is 1.74. The predicted octanol–water partition coefficient (Wildman–Crippen LogP) is 3.97. The third kappa shape index (κ3) is 6.67. The van der Waals surface area contributed by atoms with E-state index in [0.29, 0.717) is 22.3 Å². The van der Waals surface area contributed by atoms with E-state index in [1.165, 1.54) is 7.05 Å². The molecule has 0 radical (unpaired) electrons. The number of carbonyl (C=O) groups is 1. The molecule has 0 atom stereocenters. The predicted molar refractivity (Wildman–Crippen MR) is 117 cm³/mol. The van der Waals surface area contributed by atoms with Gasteiger partial charge in [0, 0.05) is 25.1 Å². The van der Waals surface area contributed by atoms with E-state index in [4.69, 9.17) is 23.2 Å². The molecule has 5 nitrogen and oxygen atoms in total. The van der Waals surface area contributed by atoms with Crippen molar-refractivity contribution in [3.05, 3.63) is 63.6 Å². The summed E-state index contributed by atoms with van der Waals surface area (Å²) in [7, 11) is -2.29. The van der Waals surface area contributed by atoms with Gasteiger partial charge in [-0.25, -0.2) is 8.42 Å². The Morgan fingerprint density at radius 3 is 2.43 bits per heavy atom. The number of likely N-dealkylation sites (N-methyl/N-ethyl adjacent to an activating group) is 1. The quantitative estimate of drug-likeness (QED) is 0.574. The highest BCUT2D eigenvalue weighted by Gasteiger charge is 2.22. The average molecular weight is 461 g/mol. The number of hydrogen-bond acceptors (Lipinski definition) is 4. The lowest BCUT2D eigenvalue weighted by molar-refractivity contribution is -0.121. The summed E-state index contributed by atoms with van der Waals surface area (Å²) < 4.78 is 26.0. The summed E-state index contributed by atoms with van der Waals surface area (Å²) >= 11 is 13.5. The molecule has 0 heterocycles. The molecule has 2 rings (SSSR count). The van der Waals surface area contributed by atoms with Crippen LogP contribution < -0.4 is 5.32 Å². The number of rotatable bonds is 9. The largest absolute Gasteiger partial charge is 0.354 e. The van der Waals surface area contributed by atoms with Gasteiger partial charge in [0.05, 0.1) is 21.5 Å². The number of hydrogen-bond donors (Lipinski definition) is 1. The first-order valence-corrected chi connectivity index (χ1v) is 11.9. The Hall–Kier alpha value is -1.25. The number of benzene rings is 2. The number of aryl methyl sites for hydroxylation is 1. The van der Waals surface area contributed by atoms with Crippen molar-refractivity contribution in [2.75, 3.05) is 25.9 Å². The molecule has 28 heavy (non-hydrogen) atoms. The SMILES string of the molecule is Cc1ccc(S(=O)(=O)N(C)CC(=O)NCCSCc2ccc(Cl)c(Cl)c2)cc1. The van der Waals surface area contributed by atoms with Gasteiger partial charge in [-0.05, 0) is 36.8 Å². The molecular weight excluding hydrogens is 439 g/mol. The van der Waals surface area contributed by atoms with Crippen molar-refractivity contribution in [3.8, 4) is 0 Å². The van der Waals surface area contributed by atoms with Crippen molar-refractivity contribution in [2.24, 2.45) is 0 Å². The molecule has 9 heteroatoms. The van der Waals surface area contributed by atoms with Crippen LogP contribution in [0.5, 0.6) is 0 Å². The van der Waals surface area contributed by atoms with Gasteiger partial charge in [0.2, 0.25) is 15.9 Å². The van der Waals surface area contributed by atoms with E-state index in [2.05, 4.69) is 5.32 Å². The fraction of sp³-hybridized carbons (Fsp3) is 0.316. The molecule has 0 aliphatic carbocycles. The zero-order chi connectivity index (χ0) is 20.7. The van der Waals surface area contributed by atoms with Gasteiger partial charge in [0.1, 0.15) is 0 Å². The van der Waals surface area contributed by atoms with Gasteiger partial charge in [-0.3, -0.25) is 4.79 Å². The minimum Gasteiger partial charge on any atom is -0.354 e. The molecule has 0 aromatic heterocycles. The summed E-state index contributed by atoms with van der Waals surface area (Å²) in [4.78, 5) is 12.2. The van der Waals surface area contributed by atoms with Crippen LogP contribution in [0.15, 0.2) is 47.4 Å². The number of nitrogens with one attached hydrogen (secondary N) is 1. The normalized spacial score (nSPS) is 11.6. The third-order valence-corrected chi connectivity index (χ3v) is 7.50. The Kier molecular flexibility index (Phi) is 8.64. The number of thioether (sulfide) groups is 1. The second-order valence-corrected chi connectivity index (χ2v) is 10.2. The van der Waals surface area contributed by atoms with Crippen LogP contribution in [0.4, 0.5) is 0 Å². The van der Waals surface area contributed by atoms with Crippen LogP contribution in [-0.2, 0) is 20.6 Å². The molecule has 0 aliphatic rings. The minimum absolute atomic E-state index is 0.172. The van der Waals surface area contributed by atoms with E-state index >= 15 is 0 Å². The van der Waals surface area contributed by atoms with Crippen molar-refractivity contribution >= 4 is 50.9 Å². The minimum atomic E-state index is -3.69. The maximum atomic E-state index is 12.5. The standard InChI is InChI=1S/C19H22Cl2N2O3S2/c1-14-3-6-16(7-4-14)28(25,26)23(2)12-19(24)22-9-10-27-13-15-5-8-17(20)18(21)11-15/h3-8,11H,9-10,12-13H2,1-2H3,(H,22,24). The Morgan fingerprint density at radius 2 is 1.79 bits per heavy atom. The smallest absolute Gasteiger partial charge is 0.243 e. The van der Waals surface area contributed by atoms with Crippen LogP contribution in [-0.4, -0.2) is 44.5 Å². The molecule has 152 valence electrons. The lowest BCUT2D eigenvalue weighted by Crippen LogP contribution is -2.39. The first-order chi connectivity index (χ1) is 13.2. The van der Waals surface area contributed by atoms with Crippen LogP contribution >= 0.6 is 35.0 Å². The molecule has 1 amide bonds. The number of amides is 1. The molecule has 0 spiro atoms. The highest BCUT2D eigenvalue weighted by Crippen LogP contribution is 2.24. The van der Waals surface area contributed by atoms with Gasteiger partial charge in [-0.15, -0.1) is 0 Å². The molecule has 2 aromatic rings. The van der Waals surface area contributed by atoms with Crippen molar-refractivity contribution in [1.82, 2.24) is 9.62 Å². The Morgan fingerprint density at radius 1 is 1.11 bits per heavy atom. The lowest BCUT2D eigenvalue weighted by atomic mass is 10.2. The van der Waals surface area contributed by atoms with Gasteiger partial charge < -0.3 is 5.32 Å². The fourth-order valence-electron chi connectivity index (χ4n) is 2.32. The molecular formula is C19H22Cl2N2O3S2. The van der Waals surface area contributed by atoms with Crippen LogP contribution in [0.3, 0.4) is 0 Å². The molecule has 0 unspecified atom stereocenters. The van der Waals surface area contributed by atoms with Gasteiger partial charge in [-0.2, -0.15) is 16.1 Å². The number of halogens is 2. The highest BCUT2D eigenvalue weighted by molar-refractivity contribution is 7.98. The van der Waals surface area contributed by atoms with E-state index in [9.17, 15) is 13.2 Å². The van der Waals surface area contributed by atoms with Gasteiger partial charge in [-0.1, -0.05) is 47.0 Å². The van der Waals surface area contributed by atoms with Gasteiger partial charge >= 0.3 is 0 Å². The summed E-state index contributed by atoms with van der Waals surface area (Å²) in [6.45, 7) is 2.10. The highest BCUT2D eigenvalue weighted by atomic mass is 35.5. The number of sulfonamides is 1. The van der Waals surface area contributed by atoms with E-state index < -0.39 is 10.0 Å². The summed E-state index contributed by atoms with van der Waals surface area (Å²) in [6, 6.07) is 12.0. The Labute approximate surface area is 180 Å². The summed E-state index contributed by atoms with van der Waals surface area (Å²) in [5.74, 6) is 1.10. The first-order valence-electron chi connectivity index (χ1n) is 8.51. The fourth-order valence-corrected chi connectivity index (χ4v) is 4.57. The van der Waals surface area contributed by atoms with Crippen molar-refractivity contribution < 1.29 is 13.2 Å². The van der Waals surface area contributed by atoms with Crippen LogP contribution in [0.2, 0.25) is 10.0 Å². The van der Waals surface area contributed by atoms with E-state index in [0.717, 1.165) is 21.2 Å². The van der Waals surface area contributed by atoms with Crippen LogP contribution in [0.1, 0.15) is 11.1 Å². The summed E-state index contributed by atoms with van der Waals surface area (Å²) in [6.07, 6.45) is 0.